The highest BCUT2D eigenvalue weighted by atomic mass is 19.3. The Balaban J connectivity index is 3.44. The number of alkyl halides is 3. The van der Waals surface area contributed by atoms with Gasteiger partial charge in [-0.15, -0.1) is 0 Å². The summed E-state index contributed by atoms with van der Waals surface area (Å²) >= 11 is 0. The van der Waals surface area contributed by atoms with Gasteiger partial charge in [0.2, 0.25) is 0 Å². The zero-order valence-corrected chi connectivity index (χ0v) is 21.7. The van der Waals surface area contributed by atoms with Gasteiger partial charge in [-0.2, -0.15) is 8.78 Å². The number of anilines is 1. The Morgan fingerprint density at radius 2 is 1.75 bits per heavy atom. The minimum Gasteiger partial charge on any atom is -0.433 e. The van der Waals surface area contributed by atoms with Crippen molar-refractivity contribution in [3.8, 4) is 5.75 Å². The monoisotopic (exact) mass is 504 g/mol. The largest absolute Gasteiger partial charge is 0.433 e. The average Bonchev–Trinajstić information content (AvgIpc) is 2.83. The van der Waals surface area contributed by atoms with Gasteiger partial charge in [0.25, 0.3) is 0 Å². The van der Waals surface area contributed by atoms with Crippen LogP contribution < -0.4 is 10.1 Å². The van der Waals surface area contributed by atoms with E-state index in [9.17, 15) is 18.3 Å². The molecule has 0 aliphatic heterocycles. The number of unbranched alkanes of at least 4 members (excludes halogenated alkanes) is 2. The summed E-state index contributed by atoms with van der Waals surface area (Å²) in [6.07, 6.45) is 12.9. The lowest BCUT2D eigenvalue weighted by Crippen LogP contribution is -2.19. The van der Waals surface area contributed by atoms with E-state index in [-0.39, 0.29) is 12.4 Å². The maximum atomic E-state index is 13.1. The maximum absolute atomic E-state index is 13.1. The first-order valence-electron chi connectivity index (χ1n) is 12.3. The predicted octanol–water partition coefficient (Wildman–Crippen LogP) is 7.96. The quantitative estimate of drug-likeness (QED) is 0.177. The Kier molecular flexibility index (Phi) is 15.0. The minimum atomic E-state index is -3.26. The molecule has 0 aliphatic rings. The summed E-state index contributed by atoms with van der Waals surface area (Å²) < 4.78 is 43.2. The summed E-state index contributed by atoms with van der Waals surface area (Å²) in [4.78, 5) is 4.42. The van der Waals surface area contributed by atoms with Gasteiger partial charge in [0, 0.05) is 30.1 Å². The molecule has 1 aromatic rings. The molecule has 0 aromatic heterocycles. The number of allylic oxidation sites excluding steroid dienone is 7. The molecule has 0 amide bonds. The fourth-order valence-electron chi connectivity index (χ4n) is 3.33. The third-order valence-corrected chi connectivity index (χ3v) is 4.92. The van der Waals surface area contributed by atoms with Gasteiger partial charge in [0.1, 0.15) is 12.4 Å². The van der Waals surface area contributed by atoms with Gasteiger partial charge in [-0.05, 0) is 61.3 Å². The Labute approximate surface area is 213 Å². The van der Waals surface area contributed by atoms with Crippen LogP contribution in [0.5, 0.6) is 5.75 Å². The van der Waals surface area contributed by atoms with Gasteiger partial charge in [0.15, 0.2) is 0 Å². The van der Waals surface area contributed by atoms with E-state index in [1.807, 2.05) is 25.2 Å². The fourth-order valence-corrected chi connectivity index (χ4v) is 3.33. The van der Waals surface area contributed by atoms with E-state index < -0.39 is 12.8 Å². The fraction of sp³-hybridized carbons (Fsp3) is 0.414. The molecule has 0 fully saturated rings. The van der Waals surface area contributed by atoms with Crippen LogP contribution in [0.15, 0.2) is 88.1 Å². The summed E-state index contributed by atoms with van der Waals surface area (Å²) in [5, 5.41) is 13.6. The first-order chi connectivity index (χ1) is 17.3. The van der Waals surface area contributed by atoms with E-state index in [1.165, 1.54) is 18.2 Å². The maximum Gasteiger partial charge on any atom is 0.394 e. The minimum absolute atomic E-state index is 0.0612. The van der Waals surface area contributed by atoms with E-state index in [0.717, 1.165) is 48.1 Å². The summed E-state index contributed by atoms with van der Waals surface area (Å²) in [7, 11) is 0. The van der Waals surface area contributed by atoms with Crippen LogP contribution in [0, 0.1) is 0 Å². The third kappa shape index (κ3) is 12.6. The van der Waals surface area contributed by atoms with Crippen LogP contribution in [0.2, 0.25) is 0 Å². The number of halogens is 3. The SMILES string of the molecule is CCC/C=C/C=C(CO)\C(C(=C/CCC)\C/N=C/C=C/CF)=C(/C)Nc1ccc(OC(C)(F)F)cc1. The molecule has 0 saturated carbocycles. The van der Waals surface area contributed by atoms with Crippen molar-refractivity contribution in [2.75, 3.05) is 25.1 Å². The zero-order valence-electron chi connectivity index (χ0n) is 21.7. The van der Waals surface area contributed by atoms with Crippen molar-refractivity contribution >= 4 is 11.9 Å². The second-order valence-electron chi connectivity index (χ2n) is 8.22. The number of hydrogen-bond acceptors (Lipinski definition) is 4. The zero-order chi connectivity index (χ0) is 26.8. The molecule has 4 nitrogen and oxygen atoms in total. The van der Waals surface area contributed by atoms with Crippen molar-refractivity contribution in [2.24, 2.45) is 4.99 Å². The third-order valence-electron chi connectivity index (χ3n) is 4.92. The van der Waals surface area contributed by atoms with Crippen LogP contribution >= 0.6 is 0 Å². The number of benzene rings is 1. The summed E-state index contributed by atoms with van der Waals surface area (Å²) in [6.45, 7) is 6.37. The number of aliphatic hydroxyl groups is 1. The molecule has 1 aromatic carbocycles. The van der Waals surface area contributed by atoms with Crippen molar-refractivity contribution in [1.82, 2.24) is 0 Å². The molecule has 1 rings (SSSR count). The molecule has 0 radical (unpaired) electrons. The van der Waals surface area contributed by atoms with Gasteiger partial charge in [-0.1, -0.05) is 57.1 Å². The van der Waals surface area contributed by atoms with Gasteiger partial charge < -0.3 is 15.2 Å². The summed E-state index contributed by atoms with van der Waals surface area (Å²) in [5.41, 5.74) is 3.90. The molecule has 0 heterocycles. The molecule has 0 bridgehead atoms. The highest BCUT2D eigenvalue weighted by molar-refractivity contribution is 5.71. The van der Waals surface area contributed by atoms with Gasteiger partial charge in [0.05, 0.1) is 13.2 Å². The summed E-state index contributed by atoms with van der Waals surface area (Å²) in [5.74, 6) is 0.0612. The van der Waals surface area contributed by atoms with Crippen LogP contribution in [0.4, 0.5) is 18.9 Å². The molecule has 0 spiro atoms. The molecule has 198 valence electrons. The lowest BCUT2D eigenvalue weighted by atomic mass is 9.94. The molecule has 0 atom stereocenters. The van der Waals surface area contributed by atoms with Crippen LogP contribution in [-0.4, -0.2) is 37.3 Å². The number of aliphatic hydroxyl groups excluding tert-OH is 1. The lowest BCUT2D eigenvalue weighted by Gasteiger charge is -2.19. The molecule has 2 N–H and O–H groups in total. The number of ether oxygens (including phenoxy) is 1. The Hall–Kier alpha value is -3.06. The van der Waals surface area contributed by atoms with Gasteiger partial charge >= 0.3 is 6.11 Å². The standard InChI is InChI=1S/C29H39F3N2O2/c1-5-7-9-10-14-25(22-35)28(24(13-8-6-2)21-33-20-12-11-19-30)23(3)34-26-15-17-27(18-16-26)36-29(4,31)32/h9-18,20,34-35H,5-8,19,21-22H2,1-4H3/b10-9+,12-11+,24-13-,25-14-,28-23+,33-20+. The van der Waals surface area contributed by atoms with E-state index in [1.54, 1.807) is 24.4 Å². The van der Waals surface area contributed by atoms with Crippen molar-refractivity contribution < 1.29 is 23.0 Å². The summed E-state index contributed by atoms with van der Waals surface area (Å²) in [6, 6.07) is 6.25. The molecule has 0 saturated heterocycles. The second kappa shape index (κ2) is 17.4. The highest BCUT2D eigenvalue weighted by Gasteiger charge is 2.23. The van der Waals surface area contributed by atoms with Crippen LogP contribution in [0.25, 0.3) is 0 Å². The van der Waals surface area contributed by atoms with E-state index >= 15 is 0 Å². The second-order valence-corrected chi connectivity index (χ2v) is 8.22. The molecule has 0 unspecified atom stereocenters. The Morgan fingerprint density at radius 3 is 2.33 bits per heavy atom. The number of nitrogens with one attached hydrogen (secondary N) is 1. The number of nitrogens with zero attached hydrogens (tertiary/aromatic N) is 1. The first-order valence-corrected chi connectivity index (χ1v) is 12.3. The molecular formula is C29H39F3N2O2. The lowest BCUT2D eigenvalue weighted by molar-refractivity contribution is -0.158. The molecule has 36 heavy (non-hydrogen) atoms. The van der Waals surface area contributed by atoms with Crippen LogP contribution in [0.3, 0.4) is 0 Å². The number of hydrogen-bond donors (Lipinski definition) is 2. The number of aliphatic imine (C=N–C) groups is 1. The molecular weight excluding hydrogens is 465 g/mol. The smallest absolute Gasteiger partial charge is 0.394 e. The molecule has 0 aliphatic carbocycles. The topological polar surface area (TPSA) is 53.9 Å². The highest BCUT2D eigenvalue weighted by Crippen LogP contribution is 2.28. The van der Waals surface area contributed by atoms with E-state index in [2.05, 4.69) is 35.0 Å². The predicted molar refractivity (Wildman–Crippen MR) is 145 cm³/mol. The van der Waals surface area contributed by atoms with Crippen LogP contribution in [0.1, 0.15) is 53.4 Å². The van der Waals surface area contributed by atoms with Gasteiger partial charge in [-0.3, -0.25) is 4.99 Å². The van der Waals surface area contributed by atoms with Crippen molar-refractivity contribution in [1.29, 1.82) is 0 Å². The first kappa shape index (κ1) is 31.0. The average molecular weight is 505 g/mol. The van der Waals surface area contributed by atoms with Crippen molar-refractivity contribution in [2.45, 2.75) is 59.5 Å². The molecule has 7 heteroatoms. The Bertz CT molecular complexity index is 954. The number of rotatable bonds is 16. The van der Waals surface area contributed by atoms with Crippen molar-refractivity contribution in [3.63, 3.8) is 0 Å². The van der Waals surface area contributed by atoms with E-state index in [0.29, 0.717) is 19.2 Å². The van der Waals surface area contributed by atoms with E-state index in [4.69, 9.17) is 0 Å². The van der Waals surface area contributed by atoms with Crippen molar-refractivity contribution in [3.05, 3.63) is 83.1 Å². The Morgan fingerprint density at radius 1 is 1.06 bits per heavy atom. The van der Waals surface area contributed by atoms with Crippen LogP contribution in [-0.2, 0) is 0 Å². The van der Waals surface area contributed by atoms with Gasteiger partial charge in [-0.25, -0.2) is 4.39 Å². The normalized spacial score (nSPS) is 14.2.